The third-order valence-electron chi connectivity index (χ3n) is 3.07. The summed E-state index contributed by atoms with van der Waals surface area (Å²) >= 11 is 0. The van der Waals surface area contributed by atoms with Crippen molar-refractivity contribution in [3.05, 3.63) is 30.4 Å². The number of hydrogen-bond donors (Lipinski definition) is 0. The Morgan fingerprint density at radius 1 is 1.47 bits per heavy atom. The first kappa shape index (κ1) is 12.3. The molecule has 19 heavy (non-hydrogen) atoms. The molecule has 3 heterocycles. The van der Waals surface area contributed by atoms with Crippen LogP contribution in [0.5, 0.6) is 0 Å². The summed E-state index contributed by atoms with van der Waals surface area (Å²) in [4.78, 5) is 10.7. The van der Waals surface area contributed by atoms with Gasteiger partial charge in [-0.2, -0.15) is 4.98 Å². The Balaban J connectivity index is 1.68. The molecule has 100 valence electrons. The predicted molar refractivity (Wildman–Crippen MR) is 68.2 cm³/mol. The lowest BCUT2D eigenvalue weighted by atomic mass is 10.3. The molecule has 0 N–H and O–H groups in total. The fourth-order valence-electron chi connectivity index (χ4n) is 2.16. The first-order valence-electron chi connectivity index (χ1n) is 6.38. The van der Waals surface area contributed by atoms with Gasteiger partial charge in [0.1, 0.15) is 0 Å². The van der Waals surface area contributed by atoms with Crippen molar-refractivity contribution in [3.8, 4) is 11.4 Å². The van der Waals surface area contributed by atoms with Crippen molar-refractivity contribution in [2.24, 2.45) is 0 Å². The van der Waals surface area contributed by atoms with Crippen LogP contribution in [0.4, 0.5) is 0 Å². The van der Waals surface area contributed by atoms with E-state index in [1.807, 2.05) is 12.1 Å². The van der Waals surface area contributed by atoms with Crippen LogP contribution < -0.4 is 0 Å². The predicted octanol–water partition coefficient (Wildman–Crippen LogP) is 1.35. The fourth-order valence-corrected chi connectivity index (χ4v) is 2.16. The number of rotatable bonds is 3. The van der Waals surface area contributed by atoms with Crippen molar-refractivity contribution >= 4 is 0 Å². The second-order valence-corrected chi connectivity index (χ2v) is 4.67. The largest absolute Gasteiger partial charge is 0.376 e. The summed E-state index contributed by atoms with van der Waals surface area (Å²) in [6, 6.07) is 3.77. The topological polar surface area (TPSA) is 64.3 Å². The van der Waals surface area contributed by atoms with Crippen molar-refractivity contribution in [1.82, 2.24) is 20.0 Å². The van der Waals surface area contributed by atoms with Gasteiger partial charge in [-0.05, 0) is 19.1 Å². The smallest absolute Gasteiger partial charge is 0.241 e. The van der Waals surface area contributed by atoms with Gasteiger partial charge in [0, 0.05) is 31.0 Å². The molecule has 1 atom stereocenters. The molecular formula is C13H16N4O2. The molecule has 2 aromatic heterocycles. The molecule has 0 bridgehead atoms. The zero-order valence-corrected chi connectivity index (χ0v) is 10.8. The van der Waals surface area contributed by atoms with Crippen molar-refractivity contribution < 1.29 is 9.26 Å². The van der Waals surface area contributed by atoms with Crippen molar-refractivity contribution in [1.29, 1.82) is 0 Å². The van der Waals surface area contributed by atoms with Crippen LogP contribution in [0.15, 0.2) is 29.0 Å². The van der Waals surface area contributed by atoms with Crippen LogP contribution in [0.1, 0.15) is 12.8 Å². The highest BCUT2D eigenvalue weighted by molar-refractivity contribution is 5.51. The first-order chi connectivity index (χ1) is 9.31. The zero-order valence-electron chi connectivity index (χ0n) is 10.8. The average molecular weight is 260 g/mol. The molecule has 0 saturated carbocycles. The van der Waals surface area contributed by atoms with Gasteiger partial charge in [-0.3, -0.25) is 9.88 Å². The van der Waals surface area contributed by atoms with Gasteiger partial charge in [0.15, 0.2) is 0 Å². The molecule has 1 saturated heterocycles. The third-order valence-corrected chi connectivity index (χ3v) is 3.07. The quantitative estimate of drug-likeness (QED) is 0.830. The molecular weight excluding hydrogens is 244 g/mol. The van der Waals surface area contributed by atoms with Gasteiger partial charge in [-0.25, -0.2) is 0 Å². The summed E-state index contributed by atoms with van der Waals surface area (Å²) < 4.78 is 10.8. The SMILES string of the molecule is CC1CN(Cc2nc(-c3cccnc3)no2)CCO1. The van der Waals surface area contributed by atoms with Gasteiger partial charge in [-0.1, -0.05) is 5.16 Å². The van der Waals surface area contributed by atoms with Gasteiger partial charge in [0.25, 0.3) is 0 Å². The maximum atomic E-state index is 5.50. The number of aromatic nitrogens is 3. The zero-order chi connectivity index (χ0) is 13.1. The summed E-state index contributed by atoms with van der Waals surface area (Å²) in [6.45, 7) is 5.28. The van der Waals surface area contributed by atoms with Crippen LogP contribution in [0.3, 0.4) is 0 Å². The molecule has 1 aliphatic heterocycles. The van der Waals surface area contributed by atoms with Crippen molar-refractivity contribution in [2.45, 2.75) is 19.6 Å². The Labute approximate surface area is 111 Å². The van der Waals surface area contributed by atoms with Gasteiger partial charge < -0.3 is 9.26 Å². The molecule has 1 aliphatic rings. The fraction of sp³-hybridized carbons (Fsp3) is 0.462. The van der Waals surface area contributed by atoms with Gasteiger partial charge in [-0.15, -0.1) is 0 Å². The van der Waals surface area contributed by atoms with Crippen molar-refractivity contribution in [2.75, 3.05) is 19.7 Å². The molecule has 6 nitrogen and oxygen atoms in total. The molecule has 0 radical (unpaired) electrons. The number of morpholine rings is 1. The van der Waals surface area contributed by atoms with E-state index in [0.29, 0.717) is 18.3 Å². The Hall–Kier alpha value is -1.79. The Morgan fingerprint density at radius 3 is 3.21 bits per heavy atom. The maximum Gasteiger partial charge on any atom is 0.241 e. The number of pyridine rings is 1. The van der Waals surface area contributed by atoms with Gasteiger partial charge in [0.2, 0.25) is 11.7 Å². The third kappa shape index (κ3) is 2.97. The van der Waals surface area contributed by atoms with Gasteiger partial charge in [0.05, 0.1) is 19.3 Å². The highest BCUT2D eigenvalue weighted by Gasteiger charge is 2.19. The van der Waals surface area contributed by atoms with Crippen LogP contribution in [0.2, 0.25) is 0 Å². The molecule has 0 aromatic carbocycles. The molecule has 0 spiro atoms. The number of ether oxygens (including phenoxy) is 1. The standard InChI is InChI=1S/C13H16N4O2/c1-10-8-17(5-6-18-10)9-12-15-13(16-19-12)11-3-2-4-14-7-11/h2-4,7,10H,5-6,8-9H2,1H3. The summed E-state index contributed by atoms with van der Waals surface area (Å²) in [7, 11) is 0. The minimum Gasteiger partial charge on any atom is -0.376 e. The van der Waals surface area contributed by atoms with Crippen LogP contribution in [0, 0.1) is 0 Å². The van der Waals surface area contributed by atoms with E-state index in [9.17, 15) is 0 Å². The van der Waals surface area contributed by atoms with Crippen LogP contribution >= 0.6 is 0 Å². The second-order valence-electron chi connectivity index (χ2n) is 4.67. The lowest BCUT2D eigenvalue weighted by Gasteiger charge is -2.29. The minimum atomic E-state index is 0.259. The highest BCUT2D eigenvalue weighted by atomic mass is 16.5. The van der Waals surface area contributed by atoms with Gasteiger partial charge >= 0.3 is 0 Å². The summed E-state index contributed by atoms with van der Waals surface area (Å²) in [6.07, 6.45) is 3.71. The second kappa shape index (κ2) is 5.46. The first-order valence-corrected chi connectivity index (χ1v) is 6.38. The lowest BCUT2D eigenvalue weighted by Crippen LogP contribution is -2.40. The van der Waals surface area contributed by atoms with E-state index in [1.165, 1.54) is 0 Å². The Bertz CT molecular complexity index is 528. The van der Waals surface area contributed by atoms with E-state index in [-0.39, 0.29) is 6.10 Å². The van der Waals surface area contributed by atoms with E-state index < -0.39 is 0 Å². The van der Waals surface area contributed by atoms with Crippen LogP contribution in [-0.4, -0.2) is 45.8 Å². The Kier molecular flexibility index (Phi) is 3.52. The van der Waals surface area contributed by atoms with E-state index >= 15 is 0 Å². The maximum absolute atomic E-state index is 5.50. The normalized spacial score (nSPS) is 20.6. The monoisotopic (exact) mass is 260 g/mol. The van der Waals surface area contributed by atoms with Crippen LogP contribution in [0.25, 0.3) is 11.4 Å². The highest BCUT2D eigenvalue weighted by Crippen LogP contribution is 2.15. The van der Waals surface area contributed by atoms with E-state index in [4.69, 9.17) is 9.26 Å². The van der Waals surface area contributed by atoms with E-state index in [2.05, 4.69) is 26.9 Å². The molecule has 1 unspecified atom stereocenters. The Morgan fingerprint density at radius 2 is 2.42 bits per heavy atom. The molecule has 1 fully saturated rings. The summed E-state index contributed by atoms with van der Waals surface area (Å²) in [5.74, 6) is 1.22. The average Bonchev–Trinajstić information content (AvgIpc) is 2.88. The summed E-state index contributed by atoms with van der Waals surface area (Å²) in [5.41, 5.74) is 0.868. The minimum absolute atomic E-state index is 0.259. The molecule has 2 aromatic rings. The molecule has 6 heteroatoms. The lowest BCUT2D eigenvalue weighted by molar-refractivity contribution is -0.0240. The number of nitrogens with zero attached hydrogens (tertiary/aromatic N) is 4. The molecule has 0 amide bonds. The van der Waals surface area contributed by atoms with E-state index in [1.54, 1.807) is 12.4 Å². The van der Waals surface area contributed by atoms with Crippen LogP contribution in [-0.2, 0) is 11.3 Å². The van der Waals surface area contributed by atoms with E-state index in [0.717, 1.165) is 25.3 Å². The number of hydrogen-bond acceptors (Lipinski definition) is 6. The molecule has 0 aliphatic carbocycles. The van der Waals surface area contributed by atoms with Crippen molar-refractivity contribution in [3.63, 3.8) is 0 Å². The summed E-state index contributed by atoms with van der Waals surface area (Å²) in [5, 5.41) is 3.99. The molecule has 3 rings (SSSR count).